The normalized spacial score (nSPS) is 19.8. The third-order valence-corrected chi connectivity index (χ3v) is 2.82. The maximum Gasteiger partial charge on any atom is 0.410 e. The monoisotopic (exact) mass is 219 g/mol. The van der Waals surface area contributed by atoms with E-state index in [0.29, 0.717) is 12.2 Å². The average Bonchev–Trinajstić information content (AvgIpc) is 2.60. The van der Waals surface area contributed by atoms with Crippen molar-refractivity contribution in [1.82, 2.24) is 4.90 Å². The zero-order valence-corrected chi connectivity index (χ0v) is 9.27. The Morgan fingerprint density at radius 1 is 1.44 bits per heavy atom. The van der Waals surface area contributed by atoms with Crippen LogP contribution in [0.4, 0.5) is 4.79 Å². The van der Waals surface area contributed by atoms with Gasteiger partial charge in [-0.05, 0) is 12.5 Å². The Kier molecular flexibility index (Phi) is 2.64. The summed E-state index contributed by atoms with van der Waals surface area (Å²) in [7, 11) is 1.68. The average molecular weight is 219 g/mol. The number of benzene rings is 1. The van der Waals surface area contributed by atoms with E-state index in [1.54, 1.807) is 13.1 Å². The second-order valence-corrected chi connectivity index (χ2v) is 3.85. The highest BCUT2D eigenvalue weighted by Crippen LogP contribution is 2.28. The van der Waals surface area contributed by atoms with Crippen molar-refractivity contribution in [2.45, 2.75) is 13.0 Å². The molecule has 0 spiro atoms. The minimum absolute atomic E-state index is 0.00310. The Balaban J connectivity index is 2.41. The Labute approximate surface area is 93.8 Å². The lowest BCUT2D eigenvalue weighted by atomic mass is 9.98. The summed E-state index contributed by atoms with van der Waals surface area (Å²) in [5.41, 5.74) is 1.50. The summed E-state index contributed by atoms with van der Waals surface area (Å²) in [6.07, 6.45) is -0.344. The van der Waals surface area contributed by atoms with Crippen LogP contribution in [0.5, 0.6) is 0 Å². The third-order valence-electron chi connectivity index (χ3n) is 2.82. The zero-order valence-electron chi connectivity index (χ0n) is 9.27. The summed E-state index contributed by atoms with van der Waals surface area (Å²) in [6, 6.07) is 7.15. The molecule has 0 aromatic heterocycles. The molecule has 16 heavy (non-hydrogen) atoms. The summed E-state index contributed by atoms with van der Waals surface area (Å²) < 4.78 is 4.94. The smallest absolute Gasteiger partial charge is 0.410 e. The molecule has 1 aliphatic heterocycles. The van der Waals surface area contributed by atoms with Gasteiger partial charge in [0.2, 0.25) is 0 Å². The molecular formula is C12H13NO3. The first-order chi connectivity index (χ1) is 7.61. The molecule has 0 bridgehead atoms. The van der Waals surface area contributed by atoms with Crippen molar-refractivity contribution in [2.24, 2.45) is 0 Å². The van der Waals surface area contributed by atoms with E-state index in [4.69, 9.17) is 4.74 Å². The van der Waals surface area contributed by atoms with Crippen LogP contribution in [0.25, 0.3) is 0 Å². The van der Waals surface area contributed by atoms with Crippen LogP contribution in [0, 0.1) is 0 Å². The van der Waals surface area contributed by atoms with Gasteiger partial charge in [-0.3, -0.25) is 4.79 Å². The van der Waals surface area contributed by atoms with Crippen LogP contribution >= 0.6 is 0 Å². The number of rotatable bonds is 2. The van der Waals surface area contributed by atoms with Gasteiger partial charge >= 0.3 is 6.09 Å². The number of hydrogen-bond donors (Lipinski definition) is 0. The fourth-order valence-electron chi connectivity index (χ4n) is 1.90. The molecule has 1 fully saturated rings. The van der Waals surface area contributed by atoms with Crippen molar-refractivity contribution in [3.63, 3.8) is 0 Å². The van der Waals surface area contributed by atoms with Gasteiger partial charge in [0, 0.05) is 12.6 Å². The van der Waals surface area contributed by atoms with Crippen molar-refractivity contribution in [3.05, 3.63) is 35.4 Å². The first-order valence-electron chi connectivity index (χ1n) is 5.10. The fourth-order valence-corrected chi connectivity index (χ4v) is 1.90. The third kappa shape index (κ3) is 1.66. The fraction of sp³-hybridized carbons (Fsp3) is 0.333. The molecule has 0 radical (unpaired) electrons. The molecule has 1 unspecified atom stereocenters. The molecule has 1 aliphatic rings. The molecule has 2 rings (SSSR count). The predicted octanol–water partition coefficient (Wildman–Crippen LogP) is 2.01. The molecule has 0 N–H and O–H groups in total. The molecule has 1 heterocycles. The number of likely N-dealkylation sites (N-methyl/N-ethyl adjacent to an activating group) is 1. The van der Waals surface area contributed by atoms with E-state index >= 15 is 0 Å². The molecule has 0 aliphatic carbocycles. The molecule has 4 nitrogen and oxygen atoms in total. The van der Waals surface area contributed by atoms with E-state index in [2.05, 4.69) is 0 Å². The maximum absolute atomic E-state index is 11.5. The van der Waals surface area contributed by atoms with Crippen LogP contribution in [0.2, 0.25) is 0 Å². The van der Waals surface area contributed by atoms with E-state index in [1.807, 2.05) is 18.2 Å². The highest BCUT2D eigenvalue weighted by Gasteiger charge is 2.32. The standard InChI is InChI=1S/C12H13NO3/c1-8(14)9-5-3-4-6-10(9)11-7-16-12(15)13(11)2/h3-6,11H,7H2,1-2H3. The van der Waals surface area contributed by atoms with Crippen LogP contribution in [-0.4, -0.2) is 30.4 Å². The van der Waals surface area contributed by atoms with Crippen LogP contribution in [0.15, 0.2) is 24.3 Å². The molecule has 4 heteroatoms. The van der Waals surface area contributed by atoms with E-state index in [0.717, 1.165) is 5.56 Å². The summed E-state index contributed by atoms with van der Waals surface area (Å²) >= 11 is 0. The molecule has 1 amide bonds. The van der Waals surface area contributed by atoms with Crippen molar-refractivity contribution < 1.29 is 14.3 Å². The molecule has 1 aromatic rings. The Hall–Kier alpha value is -1.84. The molecule has 1 atom stereocenters. The van der Waals surface area contributed by atoms with Gasteiger partial charge in [0.05, 0.1) is 6.04 Å². The maximum atomic E-state index is 11.5. The van der Waals surface area contributed by atoms with Crippen molar-refractivity contribution in [3.8, 4) is 0 Å². The topological polar surface area (TPSA) is 46.6 Å². The number of carbonyl (C=O) groups excluding carboxylic acids is 2. The SMILES string of the molecule is CC(=O)c1ccccc1C1COC(=O)N1C. The van der Waals surface area contributed by atoms with E-state index in [9.17, 15) is 9.59 Å². The summed E-state index contributed by atoms with van der Waals surface area (Å²) in [5.74, 6) is 0.00310. The zero-order chi connectivity index (χ0) is 11.7. The minimum Gasteiger partial charge on any atom is -0.447 e. The number of cyclic esters (lactones) is 1. The second kappa shape index (κ2) is 3.96. The minimum atomic E-state index is -0.344. The van der Waals surface area contributed by atoms with Gasteiger partial charge in [-0.2, -0.15) is 0 Å². The lowest BCUT2D eigenvalue weighted by Gasteiger charge is -2.18. The van der Waals surface area contributed by atoms with Crippen LogP contribution in [-0.2, 0) is 4.74 Å². The van der Waals surface area contributed by atoms with Crippen molar-refractivity contribution in [1.29, 1.82) is 0 Å². The largest absolute Gasteiger partial charge is 0.447 e. The van der Waals surface area contributed by atoms with Crippen molar-refractivity contribution >= 4 is 11.9 Å². The number of Topliss-reactive ketones (excluding diaryl/α,β-unsaturated/α-hetero) is 1. The Bertz CT molecular complexity index is 442. The number of hydrogen-bond acceptors (Lipinski definition) is 3. The Morgan fingerprint density at radius 2 is 2.12 bits per heavy atom. The predicted molar refractivity (Wildman–Crippen MR) is 58.3 cm³/mol. The highest BCUT2D eigenvalue weighted by molar-refractivity contribution is 5.95. The number of nitrogens with zero attached hydrogens (tertiary/aromatic N) is 1. The van der Waals surface area contributed by atoms with E-state index in [-0.39, 0.29) is 17.9 Å². The van der Waals surface area contributed by atoms with E-state index in [1.165, 1.54) is 11.8 Å². The highest BCUT2D eigenvalue weighted by atomic mass is 16.6. The van der Waals surface area contributed by atoms with Gasteiger partial charge in [0.1, 0.15) is 6.61 Å². The summed E-state index contributed by atoms with van der Waals surface area (Å²) in [5, 5.41) is 0. The van der Waals surface area contributed by atoms with Crippen LogP contribution in [0.1, 0.15) is 28.9 Å². The lowest BCUT2D eigenvalue weighted by Crippen LogP contribution is -2.23. The van der Waals surface area contributed by atoms with Gasteiger partial charge in [-0.1, -0.05) is 24.3 Å². The van der Waals surface area contributed by atoms with Gasteiger partial charge < -0.3 is 9.64 Å². The van der Waals surface area contributed by atoms with Crippen LogP contribution < -0.4 is 0 Å². The van der Waals surface area contributed by atoms with Gasteiger partial charge in [-0.25, -0.2) is 4.79 Å². The quantitative estimate of drug-likeness (QED) is 0.715. The number of ether oxygens (including phenoxy) is 1. The van der Waals surface area contributed by atoms with Crippen molar-refractivity contribution in [2.75, 3.05) is 13.7 Å². The first kappa shape index (κ1) is 10.7. The molecule has 84 valence electrons. The number of amides is 1. The molecular weight excluding hydrogens is 206 g/mol. The van der Waals surface area contributed by atoms with Gasteiger partial charge in [0.15, 0.2) is 5.78 Å². The number of carbonyl (C=O) groups is 2. The number of ketones is 1. The van der Waals surface area contributed by atoms with Gasteiger partial charge in [-0.15, -0.1) is 0 Å². The van der Waals surface area contributed by atoms with Gasteiger partial charge in [0.25, 0.3) is 0 Å². The molecule has 1 aromatic carbocycles. The summed E-state index contributed by atoms with van der Waals surface area (Å²) in [6.45, 7) is 1.83. The molecule has 1 saturated heterocycles. The Morgan fingerprint density at radius 3 is 2.69 bits per heavy atom. The molecule has 0 saturated carbocycles. The first-order valence-corrected chi connectivity index (χ1v) is 5.10. The lowest BCUT2D eigenvalue weighted by molar-refractivity contribution is 0.101. The second-order valence-electron chi connectivity index (χ2n) is 3.85. The summed E-state index contributed by atoms with van der Waals surface area (Å²) in [4.78, 5) is 24.2. The van der Waals surface area contributed by atoms with Crippen LogP contribution in [0.3, 0.4) is 0 Å². The van der Waals surface area contributed by atoms with E-state index < -0.39 is 0 Å².